The van der Waals surface area contributed by atoms with Crippen LogP contribution in [0.15, 0.2) is 52.1 Å². The average molecular weight is 313 g/mol. The molecule has 2 aromatic heterocycles. The Labute approximate surface area is 130 Å². The Morgan fingerprint density at radius 3 is 2.95 bits per heavy atom. The van der Waals surface area contributed by atoms with Crippen molar-refractivity contribution in [1.29, 1.82) is 0 Å². The molecule has 7 heteroatoms. The maximum atomic E-state index is 5.35. The van der Waals surface area contributed by atoms with Crippen LogP contribution in [0.4, 0.5) is 0 Å². The minimum absolute atomic E-state index is 0.247. The topological polar surface area (TPSA) is 70.3 Å². The summed E-state index contributed by atoms with van der Waals surface area (Å²) in [7, 11) is 0. The molecule has 1 aliphatic rings. The minimum atomic E-state index is 0.247. The van der Waals surface area contributed by atoms with Gasteiger partial charge in [-0.05, 0) is 30.3 Å². The van der Waals surface area contributed by atoms with Gasteiger partial charge < -0.3 is 14.0 Å². The van der Waals surface area contributed by atoms with Crippen LogP contribution in [0.5, 0.6) is 11.5 Å². The molecule has 0 radical (unpaired) electrons. The SMILES string of the molecule is c1ccc(SCc2nc(-c3ccc4c(c3)OCO4)no2)nc1. The van der Waals surface area contributed by atoms with Gasteiger partial charge in [-0.3, -0.25) is 0 Å². The second kappa shape index (κ2) is 5.69. The molecule has 0 atom stereocenters. The molecule has 1 aromatic carbocycles. The fourth-order valence-corrected chi connectivity index (χ4v) is 2.73. The van der Waals surface area contributed by atoms with E-state index < -0.39 is 0 Å². The summed E-state index contributed by atoms with van der Waals surface area (Å²) in [5, 5.41) is 4.93. The van der Waals surface area contributed by atoms with Gasteiger partial charge in [-0.1, -0.05) is 23.0 Å². The number of hydrogen-bond acceptors (Lipinski definition) is 7. The molecule has 6 nitrogen and oxygen atoms in total. The van der Waals surface area contributed by atoms with E-state index in [2.05, 4.69) is 15.1 Å². The predicted molar refractivity (Wildman–Crippen MR) is 79.7 cm³/mol. The summed E-state index contributed by atoms with van der Waals surface area (Å²) in [6.07, 6.45) is 1.76. The van der Waals surface area contributed by atoms with E-state index in [0.717, 1.165) is 16.3 Å². The molecule has 0 N–H and O–H groups in total. The van der Waals surface area contributed by atoms with Crippen molar-refractivity contribution >= 4 is 11.8 Å². The van der Waals surface area contributed by atoms with Crippen molar-refractivity contribution in [3.8, 4) is 22.9 Å². The molecule has 0 fully saturated rings. The molecule has 3 heterocycles. The van der Waals surface area contributed by atoms with Gasteiger partial charge in [0.15, 0.2) is 11.5 Å². The maximum Gasteiger partial charge on any atom is 0.237 e. The summed E-state index contributed by atoms with van der Waals surface area (Å²) >= 11 is 1.55. The van der Waals surface area contributed by atoms with Gasteiger partial charge in [0, 0.05) is 11.8 Å². The van der Waals surface area contributed by atoms with Crippen LogP contribution in [-0.2, 0) is 5.75 Å². The van der Waals surface area contributed by atoms with Gasteiger partial charge in [0.05, 0.1) is 10.8 Å². The second-order valence-corrected chi connectivity index (χ2v) is 5.53. The lowest BCUT2D eigenvalue weighted by molar-refractivity contribution is 0.174. The number of fused-ring (bicyclic) bond motifs is 1. The van der Waals surface area contributed by atoms with Gasteiger partial charge in [-0.2, -0.15) is 4.98 Å². The second-order valence-electron chi connectivity index (χ2n) is 4.54. The quantitative estimate of drug-likeness (QED) is 0.685. The first-order chi connectivity index (χ1) is 10.9. The van der Waals surface area contributed by atoms with E-state index in [1.165, 1.54) is 0 Å². The van der Waals surface area contributed by atoms with Gasteiger partial charge in [-0.15, -0.1) is 0 Å². The third-order valence-corrected chi connectivity index (χ3v) is 4.01. The molecule has 110 valence electrons. The molecule has 0 saturated carbocycles. The lowest BCUT2D eigenvalue weighted by atomic mass is 10.2. The number of benzene rings is 1. The van der Waals surface area contributed by atoms with E-state index >= 15 is 0 Å². The molecule has 0 spiro atoms. The Hall–Kier alpha value is -2.54. The minimum Gasteiger partial charge on any atom is -0.454 e. The summed E-state index contributed by atoms with van der Waals surface area (Å²) in [5.41, 5.74) is 0.835. The molecular weight excluding hydrogens is 302 g/mol. The smallest absolute Gasteiger partial charge is 0.237 e. The van der Waals surface area contributed by atoms with Gasteiger partial charge in [0.2, 0.25) is 18.5 Å². The number of hydrogen-bond donors (Lipinski definition) is 0. The van der Waals surface area contributed by atoms with Crippen molar-refractivity contribution < 1.29 is 14.0 Å². The van der Waals surface area contributed by atoms with Gasteiger partial charge in [-0.25, -0.2) is 4.98 Å². The van der Waals surface area contributed by atoms with Crippen LogP contribution >= 0.6 is 11.8 Å². The van der Waals surface area contributed by atoms with Crippen molar-refractivity contribution in [3.05, 3.63) is 48.5 Å². The molecule has 0 amide bonds. The Bertz CT molecular complexity index is 792. The Balaban J connectivity index is 1.49. The first-order valence-corrected chi connectivity index (χ1v) is 7.63. The number of rotatable bonds is 4. The zero-order chi connectivity index (χ0) is 14.8. The van der Waals surface area contributed by atoms with Crippen LogP contribution in [0, 0.1) is 0 Å². The van der Waals surface area contributed by atoms with Gasteiger partial charge >= 0.3 is 0 Å². The zero-order valence-corrected chi connectivity index (χ0v) is 12.2. The van der Waals surface area contributed by atoms with Crippen LogP contribution < -0.4 is 9.47 Å². The lowest BCUT2D eigenvalue weighted by Gasteiger charge is -1.97. The van der Waals surface area contributed by atoms with Crippen LogP contribution in [0.1, 0.15) is 5.89 Å². The van der Waals surface area contributed by atoms with Crippen LogP contribution in [0.3, 0.4) is 0 Å². The Morgan fingerprint density at radius 2 is 2.05 bits per heavy atom. The van der Waals surface area contributed by atoms with Crippen molar-refractivity contribution in [1.82, 2.24) is 15.1 Å². The molecule has 0 unspecified atom stereocenters. The lowest BCUT2D eigenvalue weighted by Crippen LogP contribution is -1.92. The Kier molecular flexibility index (Phi) is 3.40. The van der Waals surface area contributed by atoms with Gasteiger partial charge in [0.1, 0.15) is 0 Å². The summed E-state index contributed by atoms with van der Waals surface area (Å²) in [5.74, 6) is 3.11. The van der Waals surface area contributed by atoms with Crippen LogP contribution in [-0.4, -0.2) is 21.9 Å². The molecule has 4 rings (SSSR count). The highest BCUT2D eigenvalue weighted by atomic mass is 32.2. The van der Waals surface area contributed by atoms with Crippen molar-refractivity contribution in [3.63, 3.8) is 0 Å². The van der Waals surface area contributed by atoms with Crippen LogP contribution in [0.2, 0.25) is 0 Å². The standard InChI is InChI=1S/C15H11N3O3S/c1-2-6-16-14(3-1)22-8-13-17-15(18-21-13)10-4-5-11-12(7-10)20-9-19-11/h1-7H,8-9H2. The van der Waals surface area contributed by atoms with E-state index in [-0.39, 0.29) is 6.79 Å². The molecular formula is C15H11N3O3S. The molecule has 0 aliphatic carbocycles. The molecule has 1 aliphatic heterocycles. The maximum absolute atomic E-state index is 5.35. The van der Waals surface area contributed by atoms with E-state index in [0.29, 0.717) is 23.2 Å². The predicted octanol–water partition coefficient (Wildman–Crippen LogP) is 3.15. The summed E-state index contributed by atoms with van der Waals surface area (Å²) in [6, 6.07) is 11.3. The van der Waals surface area contributed by atoms with E-state index in [1.807, 2.05) is 36.4 Å². The number of ether oxygens (including phenoxy) is 2. The first kappa shape index (κ1) is 13.1. The van der Waals surface area contributed by atoms with E-state index in [4.69, 9.17) is 14.0 Å². The number of thioether (sulfide) groups is 1. The highest BCUT2D eigenvalue weighted by molar-refractivity contribution is 7.98. The number of nitrogens with zero attached hydrogens (tertiary/aromatic N) is 3. The highest BCUT2D eigenvalue weighted by Crippen LogP contribution is 2.35. The fourth-order valence-electron chi connectivity index (χ4n) is 2.03. The van der Waals surface area contributed by atoms with E-state index in [9.17, 15) is 0 Å². The van der Waals surface area contributed by atoms with E-state index in [1.54, 1.807) is 18.0 Å². The normalized spacial score (nSPS) is 12.5. The summed E-state index contributed by atoms with van der Waals surface area (Å²) < 4.78 is 15.9. The monoisotopic (exact) mass is 313 g/mol. The summed E-state index contributed by atoms with van der Waals surface area (Å²) in [6.45, 7) is 0.247. The third-order valence-electron chi connectivity index (χ3n) is 3.08. The molecule has 3 aromatic rings. The molecule has 0 bridgehead atoms. The molecule has 22 heavy (non-hydrogen) atoms. The van der Waals surface area contributed by atoms with Crippen molar-refractivity contribution in [2.75, 3.05) is 6.79 Å². The van der Waals surface area contributed by atoms with Crippen molar-refractivity contribution in [2.45, 2.75) is 10.8 Å². The zero-order valence-electron chi connectivity index (χ0n) is 11.4. The largest absolute Gasteiger partial charge is 0.454 e. The fraction of sp³-hybridized carbons (Fsp3) is 0.133. The Morgan fingerprint density at radius 1 is 1.09 bits per heavy atom. The van der Waals surface area contributed by atoms with Crippen molar-refractivity contribution in [2.24, 2.45) is 0 Å². The number of aromatic nitrogens is 3. The van der Waals surface area contributed by atoms with Gasteiger partial charge in [0.25, 0.3) is 0 Å². The number of pyridine rings is 1. The van der Waals surface area contributed by atoms with Crippen LogP contribution in [0.25, 0.3) is 11.4 Å². The molecule has 0 saturated heterocycles. The highest BCUT2D eigenvalue weighted by Gasteiger charge is 2.16. The first-order valence-electron chi connectivity index (χ1n) is 6.65. The summed E-state index contributed by atoms with van der Waals surface area (Å²) in [4.78, 5) is 8.64. The third kappa shape index (κ3) is 2.62. The average Bonchev–Trinajstić information content (AvgIpc) is 3.22.